The lowest BCUT2D eigenvalue weighted by Crippen LogP contribution is -2.34. The number of aliphatic hydroxyl groups is 4. The molecule has 0 aromatic rings. The van der Waals surface area contributed by atoms with Crippen molar-refractivity contribution in [3.05, 3.63) is 0 Å². The van der Waals surface area contributed by atoms with Gasteiger partial charge >= 0.3 is 12.2 Å². The summed E-state index contributed by atoms with van der Waals surface area (Å²) in [5.74, 6) is 0. The first-order chi connectivity index (χ1) is 14.1. The quantitative estimate of drug-likeness (QED) is 0.125. The Labute approximate surface area is 171 Å². The van der Waals surface area contributed by atoms with E-state index in [9.17, 15) is 27.8 Å². The Balaban J connectivity index is 3.85. The van der Waals surface area contributed by atoms with E-state index in [-0.39, 0.29) is 39.6 Å². The van der Waals surface area contributed by atoms with Crippen LogP contribution in [0.15, 0.2) is 0 Å². The van der Waals surface area contributed by atoms with E-state index in [1.807, 2.05) is 0 Å². The molecule has 30 heavy (non-hydrogen) atoms. The molecule has 0 aromatic heterocycles. The highest BCUT2D eigenvalue weighted by atomic mass is 19.3. The molecule has 0 bridgehead atoms. The molecule has 0 saturated carbocycles. The fourth-order valence-electron chi connectivity index (χ4n) is 1.76. The smallest absolute Gasteiger partial charge is 0.379 e. The Bertz CT molecular complexity index is 370. The minimum atomic E-state index is -3.79. The molecular formula is C16H30F4O10. The summed E-state index contributed by atoms with van der Waals surface area (Å²) < 4.78 is 80.6. The fourth-order valence-corrected chi connectivity index (χ4v) is 1.76. The van der Waals surface area contributed by atoms with Crippen LogP contribution in [0.4, 0.5) is 17.6 Å². The van der Waals surface area contributed by atoms with Gasteiger partial charge in [0.15, 0.2) is 0 Å². The number of hydrogen-bond donors (Lipinski definition) is 4. The molecule has 14 heteroatoms. The van der Waals surface area contributed by atoms with Crippen LogP contribution in [0.1, 0.15) is 0 Å². The zero-order valence-corrected chi connectivity index (χ0v) is 16.4. The average molecular weight is 458 g/mol. The summed E-state index contributed by atoms with van der Waals surface area (Å²) in [6.07, 6.45) is -9.96. The summed E-state index contributed by atoms with van der Waals surface area (Å²) >= 11 is 0. The normalized spacial score (nSPS) is 14.8. The Morgan fingerprint density at radius 3 is 1.23 bits per heavy atom. The molecule has 2 atom stereocenters. The van der Waals surface area contributed by atoms with Gasteiger partial charge in [0.25, 0.3) is 0 Å². The molecule has 0 saturated heterocycles. The van der Waals surface area contributed by atoms with E-state index in [4.69, 9.17) is 19.7 Å². The molecule has 0 aliphatic carbocycles. The highest BCUT2D eigenvalue weighted by Gasteiger charge is 2.33. The minimum absolute atomic E-state index is 0.0222. The van der Waals surface area contributed by atoms with Crippen LogP contribution < -0.4 is 0 Å². The molecule has 0 aliphatic rings. The summed E-state index contributed by atoms with van der Waals surface area (Å²) in [7, 11) is 0. The molecule has 0 heterocycles. The monoisotopic (exact) mass is 458 g/mol. The third-order valence-electron chi connectivity index (χ3n) is 2.96. The molecule has 0 aliphatic heterocycles. The molecule has 0 aromatic carbocycles. The topological polar surface area (TPSA) is 136 Å². The third kappa shape index (κ3) is 18.1. The maximum atomic E-state index is 13.4. The Morgan fingerprint density at radius 2 is 0.900 bits per heavy atom. The van der Waals surface area contributed by atoms with Crippen LogP contribution in [0.5, 0.6) is 0 Å². The van der Waals surface area contributed by atoms with Crippen LogP contribution in [-0.2, 0) is 28.4 Å². The predicted octanol–water partition coefficient (Wildman–Crippen LogP) is -1.02. The van der Waals surface area contributed by atoms with Gasteiger partial charge in [-0.2, -0.15) is 17.6 Å². The van der Waals surface area contributed by atoms with Crippen LogP contribution in [-0.4, -0.2) is 124 Å². The second-order valence-corrected chi connectivity index (χ2v) is 5.91. The zero-order chi connectivity index (χ0) is 22.9. The molecule has 2 unspecified atom stereocenters. The van der Waals surface area contributed by atoms with Crippen molar-refractivity contribution in [1.29, 1.82) is 0 Å². The molecule has 0 fully saturated rings. The Morgan fingerprint density at radius 1 is 0.567 bits per heavy atom. The maximum Gasteiger partial charge on any atom is 0.379 e. The van der Waals surface area contributed by atoms with Crippen molar-refractivity contribution in [2.24, 2.45) is 0 Å². The van der Waals surface area contributed by atoms with Crippen molar-refractivity contribution in [3.8, 4) is 0 Å². The predicted molar refractivity (Wildman–Crippen MR) is 91.3 cm³/mol. The van der Waals surface area contributed by atoms with Crippen molar-refractivity contribution in [2.75, 3.05) is 79.3 Å². The largest absolute Gasteiger partial charge is 0.394 e. The molecule has 0 rings (SSSR count). The number of alkyl halides is 4. The first kappa shape index (κ1) is 29.3. The number of halogens is 4. The van der Waals surface area contributed by atoms with E-state index in [1.165, 1.54) is 0 Å². The van der Waals surface area contributed by atoms with E-state index in [1.54, 1.807) is 0 Å². The fraction of sp³-hybridized carbons (Fsp3) is 1.00. The van der Waals surface area contributed by atoms with Crippen molar-refractivity contribution >= 4 is 0 Å². The summed E-state index contributed by atoms with van der Waals surface area (Å²) in [5, 5.41) is 35.7. The first-order valence-corrected chi connectivity index (χ1v) is 9.04. The van der Waals surface area contributed by atoms with Gasteiger partial charge in [-0.05, 0) is 0 Å². The number of hydrogen-bond acceptors (Lipinski definition) is 10. The van der Waals surface area contributed by atoms with Crippen LogP contribution >= 0.6 is 0 Å². The molecule has 0 radical (unpaired) electrons. The summed E-state index contributed by atoms with van der Waals surface area (Å²) in [6, 6.07) is 0. The van der Waals surface area contributed by atoms with Crippen molar-refractivity contribution < 1.29 is 66.4 Å². The molecule has 0 amide bonds. The van der Waals surface area contributed by atoms with E-state index in [2.05, 4.69) is 18.9 Å². The maximum absolute atomic E-state index is 13.4. The third-order valence-corrected chi connectivity index (χ3v) is 2.96. The molecular weight excluding hydrogens is 428 g/mol. The van der Waals surface area contributed by atoms with E-state index in [0.717, 1.165) is 0 Å². The highest BCUT2D eigenvalue weighted by molar-refractivity contribution is 4.57. The molecule has 4 N–H and O–H groups in total. The van der Waals surface area contributed by atoms with Gasteiger partial charge in [0.2, 0.25) is 0 Å². The molecule has 0 spiro atoms. The van der Waals surface area contributed by atoms with Gasteiger partial charge in [0.05, 0.1) is 66.1 Å². The van der Waals surface area contributed by atoms with Gasteiger partial charge < -0.3 is 48.8 Å². The summed E-state index contributed by atoms with van der Waals surface area (Å²) in [5.41, 5.74) is 0. The number of rotatable bonds is 21. The van der Waals surface area contributed by atoms with Crippen LogP contribution in [0.25, 0.3) is 0 Å². The van der Waals surface area contributed by atoms with Gasteiger partial charge in [0, 0.05) is 0 Å². The first-order valence-electron chi connectivity index (χ1n) is 9.04. The average Bonchev–Trinajstić information content (AvgIpc) is 2.65. The standard InChI is InChI=1S/C16H30F4O10/c17-15(18,11-27-9-13(23)7-25-3-1-21)29-5-6-30-16(19,20)12-28-10-14(24)8-26-4-2-22/h13-14,21-24H,1-12H2. The van der Waals surface area contributed by atoms with Crippen molar-refractivity contribution in [2.45, 2.75) is 24.4 Å². The lowest BCUT2D eigenvalue weighted by Gasteiger charge is -2.20. The van der Waals surface area contributed by atoms with Crippen LogP contribution in [0.2, 0.25) is 0 Å². The van der Waals surface area contributed by atoms with Crippen molar-refractivity contribution in [1.82, 2.24) is 0 Å². The Kier molecular flexibility index (Phi) is 16.6. The van der Waals surface area contributed by atoms with E-state index < -0.39 is 64.1 Å². The molecule has 10 nitrogen and oxygen atoms in total. The van der Waals surface area contributed by atoms with Gasteiger partial charge in [-0.1, -0.05) is 0 Å². The summed E-state index contributed by atoms with van der Waals surface area (Å²) in [6.45, 7) is -6.13. The lowest BCUT2D eigenvalue weighted by atomic mass is 10.4. The van der Waals surface area contributed by atoms with Crippen LogP contribution in [0, 0.1) is 0 Å². The molecule has 182 valence electrons. The number of aliphatic hydroxyl groups excluding tert-OH is 4. The number of ether oxygens (including phenoxy) is 6. The van der Waals surface area contributed by atoms with Gasteiger partial charge in [0.1, 0.15) is 25.4 Å². The van der Waals surface area contributed by atoms with Crippen LogP contribution in [0.3, 0.4) is 0 Å². The van der Waals surface area contributed by atoms with E-state index >= 15 is 0 Å². The Hall–Kier alpha value is -0.680. The van der Waals surface area contributed by atoms with Gasteiger partial charge in [-0.3, -0.25) is 0 Å². The van der Waals surface area contributed by atoms with Crippen molar-refractivity contribution in [3.63, 3.8) is 0 Å². The van der Waals surface area contributed by atoms with Gasteiger partial charge in [-0.15, -0.1) is 0 Å². The zero-order valence-electron chi connectivity index (χ0n) is 16.4. The van der Waals surface area contributed by atoms with Gasteiger partial charge in [-0.25, -0.2) is 0 Å². The second-order valence-electron chi connectivity index (χ2n) is 5.91. The lowest BCUT2D eigenvalue weighted by molar-refractivity contribution is -0.298. The minimum Gasteiger partial charge on any atom is -0.394 e. The highest BCUT2D eigenvalue weighted by Crippen LogP contribution is 2.18. The summed E-state index contributed by atoms with van der Waals surface area (Å²) in [4.78, 5) is 0. The van der Waals surface area contributed by atoms with E-state index in [0.29, 0.717) is 0 Å². The second kappa shape index (κ2) is 16.9. The SMILES string of the molecule is OCCOCC(O)COCC(F)(F)OCCOC(F)(F)COCC(O)COCCO.